The second-order valence-electron chi connectivity index (χ2n) is 2.86. The van der Waals surface area contributed by atoms with E-state index in [0.717, 1.165) is 12.8 Å². The van der Waals surface area contributed by atoms with Crippen LogP contribution < -0.4 is 0 Å². The Labute approximate surface area is 80.4 Å². The molecule has 0 saturated heterocycles. The molecule has 0 amide bonds. The Balaban J connectivity index is 2.66. The summed E-state index contributed by atoms with van der Waals surface area (Å²) in [6, 6.07) is 6.00. The van der Waals surface area contributed by atoms with Gasteiger partial charge in [-0.05, 0) is 24.6 Å². The third kappa shape index (κ3) is 3.27. The predicted octanol–water partition coefficient (Wildman–Crippen LogP) is 2.73. The van der Waals surface area contributed by atoms with E-state index >= 15 is 0 Å². The molecule has 1 nitrogen and oxygen atoms in total. The topological polar surface area (TPSA) is 17.1 Å². The van der Waals surface area contributed by atoms with Gasteiger partial charge in [0.1, 0.15) is 5.82 Å². The van der Waals surface area contributed by atoms with Gasteiger partial charge in [0.25, 0.3) is 0 Å². The molecule has 1 unspecified atom stereocenters. The first-order valence-corrected chi connectivity index (χ1v) is 5.70. The van der Waals surface area contributed by atoms with Gasteiger partial charge in [0.2, 0.25) is 0 Å². The van der Waals surface area contributed by atoms with Crippen molar-refractivity contribution in [2.45, 2.75) is 24.7 Å². The van der Waals surface area contributed by atoms with Gasteiger partial charge in [0, 0.05) is 10.6 Å². The molecule has 1 aromatic rings. The monoisotopic (exact) mass is 200 g/mol. The van der Waals surface area contributed by atoms with E-state index in [1.807, 2.05) is 6.92 Å². The van der Waals surface area contributed by atoms with Crippen LogP contribution in [0.2, 0.25) is 0 Å². The zero-order chi connectivity index (χ0) is 9.68. The van der Waals surface area contributed by atoms with E-state index in [2.05, 4.69) is 0 Å². The lowest BCUT2D eigenvalue weighted by Gasteiger charge is -2.00. The molecule has 1 aromatic carbocycles. The molecule has 0 aliphatic carbocycles. The van der Waals surface area contributed by atoms with Crippen molar-refractivity contribution in [3.8, 4) is 0 Å². The maximum Gasteiger partial charge on any atom is 0.124 e. The van der Waals surface area contributed by atoms with E-state index in [4.69, 9.17) is 0 Å². The lowest BCUT2D eigenvalue weighted by atomic mass is 10.3. The van der Waals surface area contributed by atoms with E-state index in [9.17, 15) is 8.60 Å². The molecule has 0 spiro atoms. The number of benzene rings is 1. The summed E-state index contributed by atoms with van der Waals surface area (Å²) in [4.78, 5) is 0.591. The van der Waals surface area contributed by atoms with Gasteiger partial charge in [-0.25, -0.2) is 4.39 Å². The van der Waals surface area contributed by atoms with Crippen LogP contribution >= 0.6 is 0 Å². The molecule has 1 rings (SSSR count). The molecular formula is C10H13FOS. The summed E-state index contributed by atoms with van der Waals surface area (Å²) in [5.41, 5.74) is 0. The third-order valence-electron chi connectivity index (χ3n) is 1.74. The molecule has 0 aliphatic heterocycles. The van der Waals surface area contributed by atoms with Gasteiger partial charge < -0.3 is 0 Å². The Morgan fingerprint density at radius 3 is 2.85 bits per heavy atom. The van der Waals surface area contributed by atoms with Crippen molar-refractivity contribution in [2.24, 2.45) is 0 Å². The Bertz CT molecular complexity index is 299. The van der Waals surface area contributed by atoms with Gasteiger partial charge >= 0.3 is 0 Å². The molecule has 0 saturated carbocycles. The van der Waals surface area contributed by atoms with Crippen LogP contribution in [0, 0.1) is 5.82 Å². The normalized spacial score (nSPS) is 12.8. The molecule has 72 valence electrons. The number of hydrogen-bond acceptors (Lipinski definition) is 1. The molecule has 3 heteroatoms. The minimum absolute atomic E-state index is 0.317. The van der Waals surface area contributed by atoms with Crippen LogP contribution in [0.3, 0.4) is 0 Å². The van der Waals surface area contributed by atoms with Crippen molar-refractivity contribution in [2.75, 3.05) is 5.75 Å². The van der Waals surface area contributed by atoms with Gasteiger partial charge in [0.15, 0.2) is 0 Å². The highest BCUT2D eigenvalue weighted by Gasteiger charge is 2.03. The molecule has 1 atom stereocenters. The Hall–Kier alpha value is -0.700. The molecule has 0 aliphatic rings. The van der Waals surface area contributed by atoms with E-state index in [1.54, 1.807) is 12.1 Å². The smallest absolute Gasteiger partial charge is 0.124 e. The van der Waals surface area contributed by atoms with Crippen LogP contribution in [0.4, 0.5) is 4.39 Å². The number of unbranched alkanes of at least 4 members (excludes halogenated alkanes) is 1. The first-order chi connectivity index (χ1) is 6.24. The minimum atomic E-state index is -1.03. The fraction of sp³-hybridized carbons (Fsp3) is 0.400. The van der Waals surface area contributed by atoms with Crippen LogP contribution in [-0.4, -0.2) is 9.96 Å². The lowest BCUT2D eigenvalue weighted by Crippen LogP contribution is -1.97. The van der Waals surface area contributed by atoms with Crippen molar-refractivity contribution in [1.82, 2.24) is 0 Å². The highest BCUT2D eigenvalue weighted by Crippen LogP contribution is 2.09. The third-order valence-corrected chi connectivity index (χ3v) is 3.18. The van der Waals surface area contributed by atoms with Gasteiger partial charge in [-0.1, -0.05) is 19.4 Å². The molecule has 0 bridgehead atoms. The molecule has 13 heavy (non-hydrogen) atoms. The van der Waals surface area contributed by atoms with Gasteiger partial charge in [0.05, 0.1) is 10.8 Å². The fourth-order valence-electron chi connectivity index (χ4n) is 1.00. The van der Waals surface area contributed by atoms with Gasteiger partial charge in [-0.15, -0.1) is 0 Å². The van der Waals surface area contributed by atoms with Crippen molar-refractivity contribution in [3.63, 3.8) is 0 Å². The largest absolute Gasteiger partial charge is 0.254 e. The first kappa shape index (κ1) is 10.4. The average Bonchev–Trinajstić information content (AvgIpc) is 2.14. The fourth-order valence-corrected chi connectivity index (χ4v) is 2.26. The Kier molecular flexibility index (Phi) is 4.09. The maximum absolute atomic E-state index is 12.7. The zero-order valence-corrected chi connectivity index (χ0v) is 8.44. The van der Waals surface area contributed by atoms with Crippen molar-refractivity contribution < 1.29 is 8.60 Å². The van der Waals surface area contributed by atoms with Crippen LogP contribution in [0.15, 0.2) is 29.2 Å². The standard InChI is InChI=1S/C10H13FOS/c1-2-3-7-13(12)10-6-4-5-9(11)8-10/h4-6,8H,2-3,7H2,1H3. The molecule has 0 fully saturated rings. The lowest BCUT2D eigenvalue weighted by molar-refractivity contribution is 0.622. The SMILES string of the molecule is CCCCS(=O)c1cccc(F)c1. The number of halogens is 1. The summed E-state index contributed by atoms with van der Waals surface area (Å²) in [5, 5.41) is 0. The van der Waals surface area contributed by atoms with Crippen LogP contribution in [-0.2, 0) is 10.8 Å². The van der Waals surface area contributed by atoms with Crippen LogP contribution in [0.5, 0.6) is 0 Å². The Morgan fingerprint density at radius 2 is 2.23 bits per heavy atom. The summed E-state index contributed by atoms with van der Waals surface area (Å²) >= 11 is 0. The second kappa shape index (κ2) is 5.12. The molecule has 0 radical (unpaired) electrons. The van der Waals surface area contributed by atoms with Crippen molar-refractivity contribution >= 4 is 10.8 Å². The maximum atomic E-state index is 12.7. The molecule has 0 aromatic heterocycles. The van der Waals surface area contributed by atoms with Crippen LogP contribution in [0.1, 0.15) is 19.8 Å². The summed E-state index contributed by atoms with van der Waals surface area (Å²) < 4.78 is 24.2. The van der Waals surface area contributed by atoms with E-state index in [1.165, 1.54) is 12.1 Å². The van der Waals surface area contributed by atoms with Crippen molar-refractivity contribution in [1.29, 1.82) is 0 Å². The highest BCUT2D eigenvalue weighted by atomic mass is 32.2. The predicted molar refractivity (Wildman–Crippen MR) is 52.6 cm³/mol. The zero-order valence-electron chi connectivity index (χ0n) is 7.63. The second-order valence-corrected chi connectivity index (χ2v) is 4.43. The van der Waals surface area contributed by atoms with E-state index < -0.39 is 10.8 Å². The molecule has 0 heterocycles. The highest BCUT2D eigenvalue weighted by molar-refractivity contribution is 7.85. The minimum Gasteiger partial charge on any atom is -0.254 e. The number of rotatable bonds is 4. The van der Waals surface area contributed by atoms with Gasteiger partial charge in [-0.3, -0.25) is 4.21 Å². The van der Waals surface area contributed by atoms with Crippen LogP contribution in [0.25, 0.3) is 0 Å². The average molecular weight is 200 g/mol. The van der Waals surface area contributed by atoms with E-state index in [0.29, 0.717) is 10.6 Å². The van der Waals surface area contributed by atoms with Gasteiger partial charge in [-0.2, -0.15) is 0 Å². The summed E-state index contributed by atoms with van der Waals surface area (Å²) in [6.45, 7) is 2.04. The summed E-state index contributed by atoms with van der Waals surface area (Å²) in [5.74, 6) is 0.308. The van der Waals surface area contributed by atoms with Crippen molar-refractivity contribution in [3.05, 3.63) is 30.1 Å². The van der Waals surface area contributed by atoms with E-state index in [-0.39, 0.29) is 5.82 Å². The molecular weight excluding hydrogens is 187 g/mol. The quantitative estimate of drug-likeness (QED) is 0.730. The number of hydrogen-bond donors (Lipinski definition) is 0. The summed E-state index contributed by atoms with van der Waals surface area (Å²) in [6.07, 6.45) is 1.93. The first-order valence-electron chi connectivity index (χ1n) is 4.38. The summed E-state index contributed by atoms with van der Waals surface area (Å²) in [7, 11) is -1.03. The molecule has 0 N–H and O–H groups in total. The Morgan fingerprint density at radius 1 is 1.46 bits per heavy atom.